The van der Waals surface area contributed by atoms with Crippen LogP contribution < -0.4 is 0 Å². The largest absolute Gasteiger partial charge is 0.386 e. The molecule has 0 amide bonds. The molecule has 1 aromatic rings. The lowest BCUT2D eigenvalue weighted by Gasteiger charge is -2.21. The van der Waals surface area contributed by atoms with Gasteiger partial charge in [-0.2, -0.15) is 0 Å². The molecule has 0 saturated heterocycles. The molecule has 2 rings (SSSR count). The Morgan fingerprint density at radius 2 is 2.33 bits per heavy atom. The SMILES string of the molecule is OC1COCc2cc(Br)ccc21. The van der Waals surface area contributed by atoms with Crippen molar-refractivity contribution in [3.05, 3.63) is 33.8 Å². The van der Waals surface area contributed by atoms with E-state index in [4.69, 9.17) is 4.74 Å². The number of aliphatic hydroxyl groups is 1. The van der Waals surface area contributed by atoms with Gasteiger partial charge in [0.05, 0.1) is 13.2 Å². The molecule has 1 heterocycles. The molecule has 0 saturated carbocycles. The van der Waals surface area contributed by atoms with E-state index in [2.05, 4.69) is 15.9 Å². The first kappa shape index (κ1) is 8.23. The Balaban J connectivity index is 2.46. The number of benzene rings is 1. The van der Waals surface area contributed by atoms with Gasteiger partial charge < -0.3 is 9.84 Å². The summed E-state index contributed by atoms with van der Waals surface area (Å²) in [4.78, 5) is 0. The van der Waals surface area contributed by atoms with Gasteiger partial charge in [-0.3, -0.25) is 0 Å². The molecule has 0 aliphatic carbocycles. The number of hydrogen-bond donors (Lipinski definition) is 1. The van der Waals surface area contributed by atoms with E-state index in [0.29, 0.717) is 13.2 Å². The Hall–Kier alpha value is -0.380. The highest BCUT2D eigenvalue weighted by atomic mass is 79.9. The summed E-state index contributed by atoms with van der Waals surface area (Å²) in [6, 6.07) is 5.86. The number of rotatable bonds is 0. The van der Waals surface area contributed by atoms with Crippen LogP contribution in [0.4, 0.5) is 0 Å². The van der Waals surface area contributed by atoms with Crippen LogP contribution in [0.1, 0.15) is 17.2 Å². The summed E-state index contributed by atoms with van der Waals surface area (Å²) < 4.78 is 6.22. The Morgan fingerprint density at radius 3 is 3.17 bits per heavy atom. The van der Waals surface area contributed by atoms with Gasteiger partial charge in [-0.1, -0.05) is 22.0 Å². The van der Waals surface area contributed by atoms with Gasteiger partial charge in [0.1, 0.15) is 6.10 Å². The van der Waals surface area contributed by atoms with Crippen molar-refractivity contribution in [3.63, 3.8) is 0 Å². The van der Waals surface area contributed by atoms with E-state index in [9.17, 15) is 5.11 Å². The predicted octanol–water partition coefficient (Wildman–Crippen LogP) is 2.01. The number of hydrogen-bond acceptors (Lipinski definition) is 2. The molecule has 1 atom stereocenters. The molecule has 2 nitrogen and oxygen atoms in total. The first-order chi connectivity index (χ1) is 5.77. The molecule has 0 bridgehead atoms. The third-order valence-electron chi connectivity index (χ3n) is 2.00. The molecule has 0 fully saturated rings. The van der Waals surface area contributed by atoms with Crippen LogP contribution in [0, 0.1) is 0 Å². The van der Waals surface area contributed by atoms with Crippen LogP contribution in [-0.2, 0) is 11.3 Å². The van der Waals surface area contributed by atoms with E-state index < -0.39 is 6.10 Å². The normalized spacial score (nSPS) is 22.0. The average molecular weight is 229 g/mol. The predicted molar refractivity (Wildman–Crippen MR) is 48.8 cm³/mol. The Labute approximate surface area is 79.3 Å². The van der Waals surface area contributed by atoms with E-state index in [1.54, 1.807) is 0 Å². The van der Waals surface area contributed by atoms with Crippen molar-refractivity contribution in [2.45, 2.75) is 12.7 Å². The fourth-order valence-corrected chi connectivity index (χ4v) is 1.80. The van der Waals surface area contributed by atoms with Crippen molar-refractivity contribution in [1.82, 2.24) is 0 Å². The molecule has 1 unspecified atom stereocenters. The third kappa shape index (κ3) is 1.40. The minimum Gasteiger partial charge on any atom is -0.386 e. The average Bonchev–Trinajstić information content (AvgIpc) is 2.04. The summed E-state index contributed by atoms with van der Waals surface area (Å²) in [6.07, 6.45) is -0.457. The van der Waals surface area contributed by atoms with Crippen molar-refractivity contribution >= 4 is 15.9 Å². The molecule has 1 aromatic carbocycles. The fraction of sp³-hybridized carbons (Fsp3) is 0.333. The lowest BCUT2D eigenvalue weighted by molar-refractivity contribution is 0.00977. The minimum absolute atomic E-state index is 0.411. The number of halogens is 1. The lowest BCUT2D eigenvalue weighted by Crippen LogP contribution is -2.15. The van der Waals surface area contributed by atoms with Crippen LogP contribution in [0.25, 0.3) is 0 Å². The molecule has 3 heteroatoms. The van der Waals surface area contributed by atoms with Gasteiger partial charge in [0.25, 0.3) is 0 Å². The Bertz CT molecular complexity index is 299. The maximum Gasteiger partial charge on any atom is 0.103 e. The molecule has 0 radical (unpaired) electrons. The van der Waals surface area contributed by atoms with Crippen molar-refractivity contribution in [3.8, 4) is 0 Å². The van der Waals surface area contributed by atoms with Crippen molar-refractivity contribution in [2.24, 2.45) is 0 Å². The molecule has 1 aliphatic rings. The van der Waals surface area contributed by atoms with E-state index in [0.717, 1.165) is 15.6 Å². The van der Waals surface area contributed by atoms with Crippen LogP contribution in [0.3, 0.4) is 0 Å². The molecule has 64 valence electrons. The molecular weight excluding hydrogens is 220 g/mol. The molecule has 0 spiro atoms. The van der Waals surface area contributed by atoms with Crippen molar-refractivity contribution < 1.29 is 9.84 Å². The van der Waals surface area contributed by atoms with Gasteiger partial charge in [0, 0.05) is 4.47 Å². The number of aliphatic hydroxyl groups excluding tert-OH is 1. The zero-order valence-corrected chi connectivity index (χ0v) is 8.04. The maximum absolute atomic E-state index is 9.51. The zero-order valence-electron chi connectivity index (χ0n) is 6.46. The minimum atomic E-state index is -0.457. The first-order valence-electron chi connectivity index (χ1n) is 3.81. The third-order valence-corrected chi connectivity index (χ3v) is 2.49. The number of ether oxygens (including phenoxy) is 1. The summed E-state index contributed by atoms with van der Waals surface area (Å²) in [6.45, 7) is 1.01. The van der Waals surface area contributed by atoms with Gasteiger partial charge in [0.15, 0.2) is 0 Å². The van der Waals surface area contributed by atoms with Gasteiger partial charge >= 0.3 is 0 Å². The quantitative estimate of drug-likeness (QED) is 0.737. The standard InChI is InChI=1S/C9H9BrO2/c10-7-1-2-8-6(3-7)4-12-5-9(8)11/h1-3,9,11H,4-5H2. The van der Waals surface area contributed by atoms with E-state index in [1.807, 2.05) is 18.2 Å². The first-order valence-corrected chi connectivity index (χ1v) is 4.61. The highest BCUT2D eigenvalue weighted by Gasteiger charge is 2.17. The van der Waals surface area contributed by atoms with Crippen LogP contribution >= 0.6 is 15.9 Å². The van der Waals surface area contributed by atoms with E-state index in [-0.39, 0.29) is 0 Å². The molecule has 1 N–H and O–H groups in total. The van der Waals surface area contributed by atoms with Gasteiger partial charge in [0.2, 0.25) is 0 Å². The second-order valence-corrected chi connectivity index (χ2v) is 3.79. The lowest BCUT2D eigenvalue weighted by atomic mass is 10.0. The van der Waals surface area contributed by atoms with Crippen LogP contribution in [-0.4, -0.2) is 11.7 Å². The van der Waals surface area contributed by atoms with E-state index >= 15 is 0 Å². The summed E-state index contributed by atoms with van der Waals surface area (Å²) in [5, 5.41) is 9.51. The molecular formula is C9H9BrO2. The van der Waals surface area contributed by atoms with Crippen molar-refractivity contribution in [2.75, 3.05) is 6.61 Å². The highest BCUT2D eigenvalue weighted by molar-refractivity contribution is 9.10. The summed E-state index contributed by atoms with van der Waals surface area (Å²) in [5.74, 6) is 0. The van der Waals surface area contributed by atoms with Crippen molar-refractivity contribution in [1.29, 1.82) is 0 Å². The second kappa shape index (κ2) is 3.17. The molecule has 12 heavy (non-hydrogen) atoms. The van der Waals surface area contributed by atoms with Crippen LogP contribution in [0.5, 0.6) is 0 Å². The summed E-state index contributed by atoms with van der Waals surface area (Å²) in [7, 11) is 0. The molecule has 0 aromatic heterocycles. The topological polar surface area (TPSA) is 29.5 Å². The van der Waals surface area contributed by atoms with Gasteiger partial charge in [-0.05, 0) is 23.3 Å². The smallest absolute Gasteiger partial charge is 0.103 e. The van der Waals surface area contributed by atoms with Gasteiger partial charge in [-0.25, -0.2) is 0 Å². The highest BCUT2D eigenvalue weighted by Crippen LogP contribution is 2.26. The Morgan fingerprint density at radius 1 is 1.50 bits per heavy atom. The fourth-order valence-electron chi connectivity index (χ4n) is 1.39. The summed E-state index contributed by atoms with van der Waals surface area (Å²) >= 11 is 3.37. The molecule has 1 aliphatic heterocycles. The van der Waals surface area contributed by atoms with Gasteiger partial charge in [-0.15, -0.1) is 0 Å². The van der Waals surface area contributed by atoms with E-state index in [1.165, 1.54) is 0 Å². The maximum atomic E-state index is 9.51. The summed E-state index contributed by atoms with van der Waals surface area (Å²) in [5.41, 5.74) is 2.06. The number of fused-ring (bicyclic) bond motifs is 1. The monoisotopic (exact) mass is 228 g/mol. The van der Waals surface area contributed by atoms with Crippen LogP contribution in [0.15, 0.2) is 22.7 Å². The van der Waals surface area contributed by atoms with Crippen LogP contribution in [0.2, 0.25) is 0 Å². The Kier molecular flexibility index (Phi) is 2.17. The second-order valence-electron chi connectivity index (χ2n) is 2.87. The zero-order chi connectivity index (χ0) is 8.55.